The van der Waals surface area contributed by atoms with Crippen LogP contribution >= 0.6 is 0 Å². The molecule has 5 rings (SSSR count). The van der Waals surface area contributed by atoms with Gasteiger partial charge in [0, 0.05) is 31.6 Å². The summed E-state index contributed by atoms with van der Waals surface area (Å²) < 4.78 is 0. The fourth-order valence-electron chi connectivity index (χ4n) is 5.16. The van der Waals surface area contributed by atoms with Crippen LogP contribution in [0.25, 0.3) is 0 Å². The highest BCUT2D eigenvalue weighted by molar-refractivity contribution is 6.10. The van der Waals surface area contributed by atoms with Crippen LogP contribution in [-0.2, 0) is 16.0 Å². The predicted molar refractivity (Wildman–Crippen MR) is 114 cm³/mol. The Kier molecular flexibility index (Phi) is 4.38. The second-order valence-corrected chi connectivity index (χ2v) is 8.45. The quantitative estimate of drug-likeness (QED) is 0.787. The second-order valence-electron chi connectivity index (χ2n) is 8.45. The lowest BCUT2D eigenvalue weighted by atomic mass is 9.98. The van der Waals surface area contributed by atoms with Gasteiger partial charge >= 0.3 is 0 Å². The van der Waals surface area contributed by atoms with Crippen LogP contribution < -0.4 is 9.80 Å². The second kappa shape index (κ2) is 6.97. The van der Waals surface area contributed by atoms with Crippen LogP contribution in [0.2, 0.25) is 0 Å². The van der Waals surface area contributed by atoms with Gasteiger partial charge in [0.15, 0.2) is 0 Å². The van der Waals surface area contributed by atoms with Gasteiger partial charge in [-0.3, -0.25) is 19.3 Å². The topological polar surface area (TPSA) is 60.9 Å². The molecule has 154 valence electrons. The zero-order chi connectivity index (χ0) is 20.9. The van der Waals surface area contributed by atoms with Gasteiger partial charge in [-0.25, -0.2) is 0 Å². The van der Waals surface area contributed by atoms with E-state index in [0.717, 1.165) is 12.1 Å². The highest BCUT2D eigenvalue weighted by atomic mass is 16.2. The minimum atomic E-state index is -0.661. The van der Waals surface area contributed by atoms with Crippen molar-refractivity contribution in [3.05, 3.63) is 59.7 Å². The summed E-state index contributed by atoms with van der Waals surface area (Å²) in [6.07, 6.45) is 2.88. The Morgan fingerprint density at radius 3 is 2.57 bits per heavy atom. The summed E-state index contributed by atoms with van der Waals surface area (Å²) in [4.78, 5) is 44.2. The van der Waals surface area contributed by atoms with E-state index in [9.17, 15) is 14.4 Å². The number of hydrogen-bond donors (Lipinski definition) is 0. The Balaban J connectivity index is 1.32. The molecule has 0 aromatic heterocycles. The maximum absolute atomic E-state index is 13.3. The Morgan fingerprint density at radius 1 is 1.00 bits per heavy atom. The first-order valence-corrected chi connectivity index (χ1v) is 10.6. The average Bonchev–Trinajstić information content (AvgIpc) is 3.32. The summed E-state index contributed by atoms with van der Waals surface area (Å²) in [7, 11) is 0. The number of carbonyl (C=O) groups is 3. The molecule has 1 fully saturated rings. The summed E-state index contributed by atoms with van der Waals surface area (Å²) in [5.74, 6) is 0.0829. The Bertz CT molecular complexity index is 1050. The van der Waals surface area contributed by atoms with Crippen LogP contribution in [0.1, 0.15) is 48.5 Å². The maximum atomic E-state index is 13.3. The number of para-hydroxylation sites is 2. The molecule has 30 heavy (non-hydrogen) atoms. The summed E-state index contributed by atoms with van der Waals surface area (Å²) in [5.41, 5.74) is 2.82. The van der Waals surface area contributed by atoms with Crippen molar-refractivity contribution in [2.45, 2.75) is 44.7 Å². The first-order valence-electron chi connectivity index (χ1n) is 10.6. The molecule has 2 aromatic carbocycles. The Hall–Kier alpha value is -3.15. The summed E-state index contributed by atoms with van der Waals surface area (Å²) >= 11 is 0. The number of fused-ring (bicyclic) bond motifs is 4. The highest BCUT2D eigenvalue weighted by Gasteiger charge is 2.52. The lowest BCUT2D eigenvalue weighted by molar-refractivity contribution is -0.119. The van der Waals surface area contributed by atoms with E-state index >= 15 is 0 Å². The fraction of sp³-hybridized carbons (Fsp3) is 0.375. The molecule has 1 unspecified atom stereocenters. The van der Waals surface area contributed by atoms with Gasteiger partial charge in [0.25, 0.3) is 5.91 Å². The Morgan fingerprint density at radius 2 is 1.73 bits per heavy atom. The first-order chi connectivity index (χ1) is 14.5. The zero-order valence-electron chi connectivity index (χ0n) is 17.1. The Labute approximate surface area is 176 Å². The molecule has 3 amide bonds. The van der Waals surface area contributed by atoms with Crippen LogP contribution in [-0.4, -0.2) is 41.4 Å². The summed E-state index contributed by atoms with van der Waals surface area (Å²) in [6.45, 7) is 3.13. The molecular formula is C24H25N3O3. The van der Waals surface area contributed by atoms with Gasteiger partial charge in [-0.2, -0.15) is 0 Å². The lowest BCUT2D eigenvalue weighted by Crippen LogP contribution is -2.62. The van der Waals surface area contributed by atoms with Crippen molar-refractivity contribution in [3.63, 3.8) is 0 Å². The standard InChI is InChI=1S/C24H25N3O3/c1-24-14-12-22(29)27(24)20-10-5-3-8-18(20)23(30)26(24)15-6-11-21(28)25-16-13-17-7-2-4-9-19(17)25/h2-5,7-10H,6,11-16H2,1H3. The van der Waals surface area contributed by atoms with Gasteiger partial charge in [-0.05, 0) is 49.9 Å². The van der Waals surface area contributed by atoms with Crippen LogP contribution in [0.5, 0.6) is 0 Å². The van der Waals surface area contributed by atoms with E-state index in [1.165, 1.54) is 5.56 Å². The molecule has 0 spiro atoms. The van der Waals surface area contributed by atoms with Crippen LogP contribution in [0.15, 0.2) is 48.5 Å². The normalized spacial score (nSPS) is 22.2. The van der Waals surface area contributed by atoms with E-state index in [-0.39, 0.29) is 17.7 Å². The number of amides is 3. The molecule has 0 N–H and O–H groups in total. The third-order valence-corrected chi connectivity index (χ3v) is 6.71. The molecule has 3 aliphatic rings. The van der Waals surface area contributed by atoms with E-state index in [1.54, 1.807) is 15.9 Å². The molecule has 6 nitrogen and oxygen atoms in total. The molecular weight excluding hydrogens is 378 g/mol. The van der Waals surface area contributed by atoms with E-state index in [4.69, 9.17) is 0 Å². The van der Waals surface area contributed by atoms with Crippen molar-refractivity contribution in [1.82, 2.24) is 4.90 Å². The molecule has 0 saturated carbocycles. The SMILES string of the molecule is CC12CCC(=O)N1c1ccccc1C(=O)N2CCCC(=O)N1CCc2ccccc21. The van der Waals surface area contributed by atoms with Gasteiger partial charge in [-0.1, -0.05) is 30.3 Å². The smallest absolute Gasteiger partial charge is 0.257 e. The van der Waals surface area contributed by atoms with Crippen LogP contribution in [0, 0.1) is 0 Å². The fourth-order valence-corrected chi connectivity index (χ4v) is 5.16. The van der Waals surface area contributed by atoms with Crippen molar-refractivity contribution in [3.8, 4) is 0 Å². The van der Waals surface area contributed by atoms with Crippen molar-refractivity contribution in [1.29, 1.82) is 0 Å². The zero-order valence-corrected chi connectivity index (χ0v) is 17.1. The molecule has 2 aromatic rings. The van der Waals surface area contributed by atoms with Crippen molar-refractivity contribution in [2.75, 3.05) is 22.9 Å². The largest absolute Gasteiger partial charge is 0.315 e. The molecule has 3 aliphatic heterocycles. The number of nitrogens with zero attached hydrogens (tertiary/aromatic N) is 3. The number of benzene rings is 2. The third-order valence-electron chi connectivity index (χ3n) is 6.71. The lowest BCUT2D eigenvalue weighted by Gasteiger charge is -2.48. The van der Waals surface area contributed by atoms with Crippen molar-refractivity contribution in [2.24, 2.45) is 0 Å². The van der Waals surface area contributed by atoms with Gasteiger partial charge in [0.1, 0.15) is 5.66 Å². The molecule has 0 radical (unpaired) electrons. The van der Waals surface area contributed by atoms with Gasteiger partial charge in [0.05, 0.1) is 11.3 Å². The van der Waals surface area contributed by atoms with E-state index in [2.05, 4.69) is 6.07 Å². The number of anilines is 2. The first kappa shape index (κ1) is 18.9. The van der Waals surface area contributed by atoms with Gasteiger partial charge in [-0.15, -0.1) is 0 Å². The minimum absolute atomic E-state index is 0.0483. The predicted octanol–water partition coefficient (Wildman–Crippen LogP) is 3.35. The third kappa shape index (κ3) is 2.74. The van der Waals surface area contributed by atoms with E-state index < -0.39 is 5.66 Å². The number of hydrogen-bond acceptors (Lipinski definition) is 3. The highest BCUT2D eigenvalue weighted by Crippen LogP contribution is 2.44. The maximum Gasteiger partial charge on any atom is 0.257 e. The molecule has 0 aliphatic carbocycles. The van der Waals surface area contributed by atoms with Crippen molar-refractivity contribution >= 4 is 29.1 Å². The van der Waals surface area contributed by atoms with Crippen LogP contribution in [0.4, 0.5) is 11.4 Å². The summed E-state index contributed by atoms with van der Waals surface area (Å²) in [5, 5.41) is 0. The monoisotopic (exact) mass is 403 g/mol. The average molecular weight is 403 g/mol. The van der Waals surface area contributed by atoms with E-state index in [0.29, 0.717) is 50.0 Å². The summed E-state index contributed by atoms with van der Waals surface area (Å²) in [6, 6.07) is 15.3. The number of rotatable bonds is 4. The van der Waals surface area contributed by atoms with E-state index in [1.807, 2.05) is 48.2 Å². The number of carbonyl (C=O) groups excluding carboxylic acids is 3. The molecule has 1 saturated heterocycles. The van der Waals surface area contributed by atoms with Crippen LogP contribution in [0.3, 0.4) is 0 Å². The van der Waals surface area contributed by atoms with Gasteiger partial charge in [0.2, 0.25) is 11.8 Å². The minimum Gasteiger partial charge on any atom is -0.315 e. The van der Waals surface area contributed by atoms with Crippen molar-refractivity contribution < 1.29 is 14.4 Å². The molecule has 0 bridgehead atoms. The molecule has 6 heteroatoms. The molecule has 1 atom stereocenters. The van der Waals surface area contributed by atoms with Gasteiger partial charge < -0.3 is 9.80 Å². The molecule has 3 heterocycles.